The van der Waals surface area contributed by atoms with E-state index in [2.05, 4.69) is 36.2 Å². The van der Waals surface area contributed by atoms with Crippen LogP contribution in [0.15, 0.2) is 52.7 Å². The summed E-state index contributed by atoms with van der Waals surface area (Å²) < 4.78 is 1.99. The molecule has 0 fully saturated rings. The van der Waals surface area contributed by atoms with Gasteiger partial charge in [-0.05, 0) is 30.7 Å². The molecule has 6 heteroatoms. The van der Waals surface area contributed by atoms with Gasteiger partial charge in [-0.15, -0.1) is 11.8 Å². The fourth-order valence-electron chi connectivity index (χ4n) is 3.22. The maximum Gasteiger partial charge on any atom is 0.277 e. The van der Waals surface area contributed by atoms with E-state index in [0.29, 0.717) is 11.5 Å². The van der Waals surface area contributed by atoms with Gasteiger partial charge >= 0.3 is 0 Å². The second-order valence-electron chi connectivity index (χ2n) is 7.31. The largest absolute Gasteiger partial charge is 0.277 e. The molecule has 5 nitrogen and oxygen atoms in total. The Hall–Kier alpha value is -2.73. The van der Waals surface area contributed by atoms with E-state index in [4.69, 9.17) is 4.98 Å². The summed E-state index contributed by atoms with van der Waals surface area (Å²) in [5.41, 5.74) is 5.31. The summed E-state index contributed by atoms with van der Waals surface area (Å²) in [4.78, 5) is 21.7. The van der Waals surface area contributed by atoms with Crippen molar-refractivity contribution in [3.63, 3.8) is 0 Å². The fourth-order valence-corrected chi connectivity index (χ4v) is 3.62. The van der Waals surface area contributed by atoms with Gasteiger partial charge in [-0.3, -0.25) is 14.5 Å². The van der Waals surface area contributed by atoms with Crippen LogP contribution in [0.4, 0.5) is 0 Å². The number of rotatable bonds is 6. The van der Waals surface area contributed by atoms with Crippen LogP contribution in [-0.2, 0) is 6.54 Å². The van der Waals surface area contributed by atoms with Crippen LogP contribution in [0, 0.1) is 5.92 Å². The van der Waals surface area contributed by atoms with Crippen molar-refractivity contribution in [3.05, 3.63) is 54.0 Å². The molecule has 0 N–H and O–H groups in total. The van der Waals surface area contributed by atoms with Gasteiger partial charge in [0.2, 0.25) is 0 Å². The maximum atomic E-state index is 12.0. The van der Waals surface area contributed by atoms with Crippen LogP contribution in [0.5, 0.6) is 0 Å². The highest BCUT2D eigenvalue weighted by Gasteiger charge is 2.19. The number of nitrogens with zero attached hydrogens (tertiary/aromatic N) is 4. The molecular formula is C22H22N4OS. The summed E-state index contributed by atoms with van der Waals surface area (Å²) in [6.07, 6.45) is 10.6. The monoisotopic (exact) mass is 390 g/mol. The van der Waals surface area contributed by atoms with Gasteiger partial charge < -0.3 is 0 Å². The quantitative estimate of drug-likeness (QED) is 0.559. The number of benzene rings is 1. The van der Waals surface area contributed by atoms with E-state index in [1.165, 1.54) is 0 Å². The molecule has 2 aromatic heterocycles. The zero-order valence-electron chi connectivity index (χ0n) is 16.2. The lowest BCUT2D eigenvalue weighted by Gasteiger charge is -2.10. The maximum absolute atomic E-state index is 12.0. The first-order valence-electron chi connectivity index (χ1n) is 9.35. The first-order chi connectivity index (χ1) is 13.5. The third-order valence-corrected chi connectivity index (χ3v) is 5.55. The lowest BCUT2D eigenvalue weighted by Crippen LogP contribution is -2.01. The number of aromatic nitrogens is 3. The number of carbonyl (C=O) groups excluding carboxylic acids is 1. The van der Waals surface area contributed by atoms with Crippen LogP contribution in [0.1, 0.15) is 36.2 Å². The summed E-state index contributed by atoms with van der Waals surface area (Å²) in [7, 11) is 0. The summed E-state index contributed by atoms with van der Waals surface area (Å²) in [5, 5.41) is 4.53. The van der Waals surface area contributed by atoms with E-state index in [1.54, 1.807) is 18.0 Å². The number of hydrogen-bond donors (Lipinski definition) is 0. The molecular weight excluding hydrogens is 368 g/mol. The smallest absolute Gasteiger partial charge is 0.272 e. The number of hydrogen-bond acceptors (Lipinski definition) is 4. The molecule has 0 aliphatic carbocycles. The molecule has 0 saturated carbocycles. The van der Waals surface area contributed by atoms with Gasteiger partial charge in [0.05, 0.1) is 17.5 Å². The Bertz CT molecular complexity index is 1070. The SMILES string of the molecule is CSc1cnc(-c2ccc3c(c2)C(=O)N=C3)c(-c2cnn(CCC(C)C)c2)c1. The minimum absolute atomic E-state index is 0.194. The van der Waals surface area contributed by atoms with Crippen LogP contribution >= 0.6 is 11.8 Å². The Morgan fingerprint density at radius 1 is 1.11 bits per heavy atom. The lowest BCUT2D eigenvalue weighted by atomic mass is 9.98. The Labute approximate surface area is 168 Å². The molecule has 0 atom stereocenters. The van der Waals surface area contributed by atoms with Crippen molar-refractivity contribution in [2.24, 2.45) is 10.9 Å². The Kier molecular flexibility index (Phi) is 5.13. The highest BCUT2D eigenvalue weighted by molar-refractivity contribution is 7.98. The second kappa shape index (κ2) is 7.72. The standard InChI is InChI=1S/C22H22N4OS/c1-14(2)6-7-26-13-17(11-25-26)19-9-18(28-3)12-23-21(19)15-4-5-16-10-24-22(27)20(16)8-15/h4-5,8-14H,6-7H2,1-3H3. The van der Waals surface area contributed by atoms with E-state index >= 15 is 0 Å². The molecule has 3 heterocycles. The summed E-state index contributed by atoms with van der Waals surface area (Å²) >= 11 is 1.66. The van der Waals surface area contributed by atoms with Gasteiger partial charge in [-0.2, -0.15) is 5.10 Å². The highest BCUT2D eigenvalue weighted by Crippen LogP contribution is 2.34. The van der Waals surface area contributed by atoms with Gasteiger partial charge in [0.1, 0.15) is 0 Å². The molecule has 1 aliphatic rings. The number of carbonyl (C=O) groups is 1. The fraction of sp³-hybridized carbons (Fsp3) is 0.273. The van der Waals surface area contributed by atoms with Crippen molar-refractivity contribution in [3.8, 4) is 22.4 Å². The topological polar surface area (TPSA) is 60.1 Å². The van der Waals surface area contributed by atoms with E-state index < -0.39 is 0 Å². The van der Waals surface area contributed by atoms with Gasteiger partial charge in [0.25, 0.3) is 5.91 Å². The number of aliphatic imine (C=N–C) groups is 1. The van der Waals surface area contributed by atoms with Crippen molar-refractivity contribution in [2.75, 3.05) is 6.26 Å². The third-order valence-electron chi connectivity index (χ3n) is 4.86. The first kappa shape index (κ1) is 18.6. The number of fused-ring (bicyclic) bond motifs is 1. The molecule has 0 saturated heterocycles. The Morgan fingerprint density at radius 3 is 2.75 bits per heavy atom. The molecule has 1 amide bonds. The van der Waals surface area contributed by atoms with Crippen molar-refractivity contribution in [2.45, 2.75) is 31.7 Å². The van der Waals surface area contributed by atoms with Crippen molar-refractivity contribution < 1.29 is 4.79 Å². The van der Waals surface area contributed by atoms with Crippen molar-refractivity contribution in [1.82, 2.24) is 14.8 Å². The predicted molar refractivity (Wildman–Crippen MR) is 114 cm³/mol. The highest BCUT2D eigenvalue weighted by atomic mass is 32.2. The van der Waals surface area contributed by atoms with Crippen LogP contribution in [0.3, 0.4) is 0 Å². The molecule has 0 unspecified atom stereocenters. The average molecular weight is 391 g/mol. The lowest BCUT2D eigenvalue weighted by molar-refractivity contribution is 0.101. The number of thioether (sulfide) groups is 1. The Balaban J connectivity index is 1.76. The van der Waals surface area contributed by atoms with Crippen LogP contribution in [0.25, 0.3) is 22.4 Å². The molecule has 0 spiro atoms. The molecule has 0 bridgehead atoms. The van der Waals surface area contributed by atoms with Gasteiger partial charge in [-0.25, -0.2) is 4.99 Å². The molecule has 4 rings (SSSR count). The molecule has 1 aliphatic heterocycles. The summed E-state index contributed by atoms with van der Waals surface area (Å²) in [6, 6.07) is 7.96. The second-order valence-corrected chi connectivity index (χ2v) is 8.19. The normalized spacial score (nSPS) is 12.8. The molecule has 28 heavy (non-hydrogen) atoms. The molecule has 0 radical (unpaired) electrons. The third kappa shape index (κ3) is 3.64. The minimum atomic E-state index is -0.194. The average Bonchev–Trinajstić information content (AvgIpc) is 3.33. The summed E-state index contributed by atoms with van der Waals surface area (Å²) in [5.74, 6) is 0.441. The number of pyridine rings is 1. The van der Waals surface area contributed by atoms with Gasteiger partial charge in [0, 0.05) is 52.3 Å². The molecule has 3 aromatic rings. The van der Waals surface area contributed by atoms with Crippen LogP contribution in [-0.4, -0.2) is 33.1 Å². The van der Waals surface area contributed by atoms with E-state index in [-0.39, 0.29) is 5.91 Å². The predicted octanol–water partition coefficient (Wildman–Crippen LogP) is 4.95. The van der Waals surface area contributed by atoms with E-state index in [1.807, 2.05) is 41.5 Å². The zero-order valence-corrected chi connectivity index (χ0v) is 17.0. The summed E-state index contributed by atoms with van der Waals surface area (Å²) in [6.45, 7) is 5.33. The number of aryl methyl sites for hydroxylation is 1. The van der Waals surface area contributed by atoms with E-state index in [0.717, 1.165) is 45.8 Å². The molecule has 1 aromatic carbocycles. The van der Waals surface area contributed by atoms with Crippen LogP contribution in [0.2, 0.25) is 0 Å². The van der Waals surface area contributed by atoms with Gasteiger partial charge in [0.15, 0.2) is 0 Å². The van der Waals surface area contributed by atoms with Crippen molar-refractivity contribution >= 4 is 23.9 Å². The number of amides is 1. The molecule has 142 valence electrons. The first-order valence-corrected chi connectivity index (χ1v) is 10.6. The minimum Gasteiger partial charge on any atom is -0.272 e. The van der Waals surface area contributed by atoms with Crippen LogP contribution < -0.4 is 0 Å². The van der Waals surface area contributed by atoms with Gasteiger partial charge in [-0.1, -0.05) is 26.0 Å². The zero-order chi connectivity index (χ0) is 19.7. The van der Waals surface area contributed by atoms with E-state index in [9.17, 15) is 4.79 Å². The van der Waals surface area contributed by atoms with Crippen molar-refractivity contribution in [1.29, 1.82) is 0 Å². The Morgan fingerprint density at radius 2 is 1.96 bits per heavy atom.